The molecule has 2 heterocycles. The molecule has 2 bridgehead atoms. The molecular weight excluding hydrogens is 260 g/mol. The van der Waals surface area contributed by atoms with Crippen LogP contribution in [0.15, 0.2) is 5.38 Å². The number of nitrogens with zero attached hydrogens (tertiary/aromatic N) is 2. The van der Waals surface area contributed by atoms with Crippen molar-refractivity contribution in [2.75, 3.05) is 19.8 Å². The number of ether oxygens (including phenoxy) is 2. The molecule has 0 aromatic carbocycles. The first-order chi connectivity index (χ1) is 9.28. The molecule has 5 heteroatoms. The topological polar surface area (TPSA) is 34.6 Å². The Labute approximate surface area is 118 Å². The Morgan fingerprint density at radius 1 is 1.53 bits per heavy atom. The quantitative estimate of drug-likeness (QED) is 0.848. The van der Waals surface area contributed by atoms with Crippen LogP contribution in [0.2, 0.25) is 0 Å². The van der Waals surface area contributed by atoms with Gasteiger partial charge in [-0.05, 0) is 26.7 Å². The van der Waals surface area contributed by atoms with Gasteiger partial charge in [0.2, 0.25) is 0 Å². The summed E-state index contributed by atoms with van der Waals surface area (Å²) >= 11 is 1.73. The van der Waals surface area contributed by atoms with Crippen molar-refractivity contribution >= 4 is 11.3 Å². The average molecular weight is 282 g/mol. The van der Waals surface area contributed by atoms with Crippen LogP contribution in [0.5, 0.6) is 0 Å². The molecule has 3 atom stereocenters. The van der Waals surface area contributed by atoms with E-state index in [0.717, 1.165) is 37.7 Å². The Hall–Kier alpha value is -0.490. The molecule has 2 fully saturated rings. The molecular formula is C14H22N2O2S. The Morgan fingerprint density at radius 3 is 3.16 bits per heavy atom. The number of aryl methyl sites for hydroxylation is 1. The minimum absolute atomic E-state index is 0.243. The van der Waals surface area contributed by atoms with Crippen molar-refractivity contribution < 1.29 is 9.47 Å². The number of aromatic nitrogens is 1. The van der Waals surface area contributed by atoms with Gasteiger partial charge in [0.1, 0.15) is 0 Å². The van der Waals surface area contributed by atoms with Crippen molar-refractivity contribution in [3.05, 3.63) is 16.1 Å². The summed E-state index contributed by atoms with van der Waals surface area (Å²) in [5, 5.41) is 3.31. The lowest BCUT2D eigenvalue weighted by atomic mass is 10.1. The second-order valence-electron chi connectivity index (χ2n) is 5.30. The number of hydrogen-bond acceptors (Lipinski definition) is 5. The summed E-state index contributed by atoms with van der Waals surface area (Å²) < 4.78 is 11.9. The molecule has 1 saturated carbocycles. The molecule has 19 heavy (non-hydrogen) atoms. The molecule has 0 N–H and O–H groups in total. The Morgan fingerprint density at radius 2 is 2.42 bits per heavy atom. The van der Waals surface area contributed by atoms with Gasteiger partial charge >= 0.3 is 0 Å². The zero-order valence-corrected chi connectivity index (χ0v) is 12.5. The highest BCUT2D eigenvalue weighted by molar-refractivity contribution is 7.09. The SMILES string of the molecule is CCO[C@@H]1[C@H]2CC[C@H]1OCCN2Cc1csc(C)n1. The van der Waals surface area contributed by atoms with E-state index in [1.165, 1.54) is 12.1 Å². The van der Waals surface area contributed by atoms with Gasteiger partial charge in [-0.1, -0.05) is 0 Å². The molecule has 1 aliphatic carbocycles. The standard InChI is InChI=1S/C14H22N2O2S/c1-3-17-14-12-4-5-13(14)18-7-6-16(12)8-11-9-19-10(2)15-11/h9,12-14H,3-8H2,1-2H3/t12-,13-,14-/m1/s1. The van der Waals surface area contributed by atoms with Crippen LogP contribution in [-0.2, 0) is 16.0 Å². The second kappa shape index (κ2) is 5.87. The van der Waals surface area contributed by atoms with E-state index < -0.39 is 0 Å². The van der Waals surface area contributed by atoms with Gasteiger partial charge in [0.25, 0.3) is 0 Å². The van der Waals surface area contributed by atoms with E-state index in [9.17, 15) is 0 Å². The van der Waals surface area contributed by atoms with E-state index in [0.29, 0.717) is 12.1 Å². The highest BCUT2D eigenvalue weighted by atomic mass is 32.1. The molecule has 1 aromatic heterocycles. The van der Waals surface area contributed by atoms with Gasteiger partial charge in [-0.3, -0.25) is 4.90 Å². The van der Waals surface area contributed by atoms with Gasteiger partial charge in [0.05, 0.1) is 29.5 Å². The maximum Gasteiger partial charge on any atom is 0.0991 e. The number of thiazole rings is 1. The summed E-state index contributed by atoms with van der Waals surface area (Å²) in [6.45, 7) is 7.63. The third-order valence-corrected chi connectivity index (χ3v) is 4.89. The lowest BCUT2D eigenvalue weighted by Gasteiger charge is -2.30. The van der Waals surface area contributed by atoms with E-state index in [1.54, 1.807) is 11.3 Å². The van der Waals surface area contributed by atoms with Crippen LogP contribution in [0.25, 0.3) is 0 Å². The van der Waals surface area contributed by atoms with Gasteiger partial charge in [-0.15, -0.1) is 11.3 Å². The predicted octanol–water partition coefficient (Wildman–Crippen LogP) is 2.22. The van der Waals surface area contributed by atoms with Crippen LogP contribution in [-0.4, -0.2) is 47.9 Å². The lowest BCUT2D eigenvalue weighted by molar-refractivity contribution is -0.0498. The number of hydrogen-bond donors (Lipinski definition) is 0. The van der Waals surface area contributed by atoms with E-state index in [4.69, 9.17) is 9.47 Å². The summed E-state index contributed by atoms with van der Waals surface area (Å²) in [5.41, 5.74) is 1.18. The second-order valence-corrected chi connectivity index (χ2v) is 6.36. The fraction of sp³-hybridized carbons (Fsp3) is 0.786. The van der Waals surface area contributed by atoms with Crippen molar-refractivity contribution in [1.29, 1.82) is 0 Å². The smallest absolute Gasteiger partial charge is 0.0991 e. The van der Waals surface area contributed by atoms with Crippen molar-refractivity contribution in [3.63, 3.8) is 0 Å². The van der Waals surface area contributed by atoms with Gasteiger partial charge in [-0.25, -0.2) is 4.98 Å². The minimum Gasteiger partial charge on any atom is -0.374 e. The Balaban J connectivity index is 1.73. The normalized spacial score (nSPS) is 31.6. The Bertz CT molecular complexity index is 423. The lowest BCUT2D eigenvalue weighted by Crippen LogP contribution is -2.42. The largest absolute Gasteiger partial charge is 0.374 e. The van der Waals surface area contributed by atoms with E-state index in [-0.39, 0.29) is 6.10 Å². The van der Waals surface area contributed by atoms with Crippen molar-refractivity contribution in [3.8, 4) is 0 Å². The van der Waals surface area contributed by atoms with Gasteiger partial charge in [-0.2, -0.15) is 0 Å². The molecule has 0 unspecified atom stereocenters. The molecule has 2 aliphatic rings. The first kappa shape index (κ1) is 13.5. The molecule has 0 spiro atoms. The van der Waals surface area contributed by atoms with Crippen LogP contribution in [0.3, 0.4) is 0 Å². The summed E-state index contributed by atoms with van der Waals surface area (Å²) in [7, 11) is 0. The van der Waals surface area contributed by atoms with Gasteiger partial charge in [0.15, 0.2) is 0 Å². The van der Waals surface area contributed by atoms with E-state index in [2.05, 4.69) is 29.1 Å². The zero-order chi connectivity index (χ0) is 13.2. The minimum atomic E-state index is 0.243. The van der Waals surface area contributed by atoms with Gasteiger partial charge < -0.3 is 9.47 Å². The third-order valence-electron chi connectivity index (χ3n) is 4.06. The molecule has 0 amide bonds. The first-order valence-electron chi connectivity index (χ1n) is 7.16. The van der Waals surface area contributed by atoms with Crippen molar-refractivity contribution in [2.24, 2.45) is 0 Å². The van der Waals surface area contributed by atoms with Crippen molar-refractivity contribution in [2.45, 2.75) is 51.5 Å². The van der Waals surface area contributed by atoms with Crippen LogP contribution in [0.1, 0.15) is 30.5 Å². The molecule has 1 aliphatic heterocycles. The molecule has 106 valence electrons. The zero-order valence-electron chi connectivity index (χ0n) is 11.7. The van der Waals surface area contributed by atoms with Crippen LogP contribution < -0.4 is 0 Å². The first-order valence-corrected chi connectivity index (χ1v) is 8.04. The summed E-state index contributed by atoms with van der Waals surface area (Å²) in [5.74, 6) is 0. The predicted molar refractivity (Wildman–Crippen MR) is 75.4 cm³/mol. The molecule has 4 nitrogen and oxygen atoms in total. The molecule has 0 radical (unpaired) electrons. The van der Waals surface area contributed by atoms with E-state index in [1.807, 2.05) is 0 Å². The van der Waals surface area contributed by atoms with Crippen LogP contribution >= 0.6 is 11.3 Å². The summed E-state index contributed by atoms with van der Waals surface area (Å²) in [6.07, 6.45) is 2.85. The molecule has 1 saturated heterocycles. The average Bonchev–Trinajstić information content (AvgIpc) is 2.90. The fourth-order valence-corrected chi connectivity index (χ4v) is 3.87. The van der Waals surface area contributed by atoms with Crippen LogP contribution in [0.4, 0.5) is 0 Å². The monoisotopic (exact) mass is 282 g/mol. The van der Waals surface area contributed by atoms with Gasteiger partial charge in [0, 0.05) is 31.1 Å². The summed E-state index contributed by atoms with van der Waals surface area (Å²) in [6, 6.07) is 0.495. The maximum atomic E-state index is 5.95. The third kappa shape index (κ3) is 2.84. The van der Waals surface area contributed by atoms with Crippen LogP contribution in [0, 0.1) is 6.92 Å². The fourth-order valence-electron chi connectivity index (χ4n) is 3.26. The highest BCUT2D eigenvalue weighted by Crippen LogP contribution is 2.32. The molecule has 1 aromatic rings. The number of rotatable bonds is 4. The molecule has 3 rings (SSSR count). The number of fused-ring (bicyclic) bond motifs is 2. The summed E-state index contributed by atoms with van der Waals surface area (Å²) in [4.78, 5) is 7.09. The van der Waals surface area contributed by atoms with Crippen molar-refractivity contribution in [1.82, 2.24) is 9.88 Å². The van der Waals surface area contributed by atoms with E-state index >= 15 is 0 Å². The highest BCUT2D eigenvalue weighted by Gasteiger charge is 2.42. The Kier molecular flexibility index (Phi) is 4.17. The maximum absolute atomic E-state index is 5.95.